The van der Waals surface area contributed by atoms with E-state index >= 15 is 0 Å². The van der Waals surface area contributed by atoms with Gasteiger partial charge in [-0.1, -0.05) is 0 Å². The first-order valence-electron chi connectivity index (χ1n) is 11.2. The Morgan fingerprint density at radius 2 is 1.74 bits per heavy atom. The van der Waals surface area contributed by atoms with Gasteiger partial charge < -0.3 is 48.1 Å². The van der Waals surface area contributed by atoms with Crippen molar-refractivity contribution in [2.24, 2.45) is 22.2 Å². The minimum atomic E-state index is -1.34. The molecule has 1 rings (SSSR count). The number of aliphatic carboxylic acids is 2. The molecule has 0 radical (unpaired) electrons. The van der Waals surface area contributed by atoms with Gasteiger partial charge in [-0.2, -0.15) is 0 Å². The Kier molecular flexibility index (Phi) is 11.9. The molecule has 15 nitrogen and oxygen atoms in total. The van der Waals surface area contributed by atoms with E-state index in [2.05, 4.69) is 15.6 Å². The van der Waals surface area contributed by atoms with Gasteiger partial charge in [-0.05, 0) is 39.0 Å². The van der Waals surface area contributed by atoms with Crippen molar-refractivity contribution in [1.82, 2.24) is 15.5 Å². The quantitative estimate of drug-likeness (QED) is 0.0662. The van der Waals surface area contributed by atoms with Gasteiger partial charge in [0.05, 0.1) is 6.10 Å². The lowest BCUT2D eigenvalue weighted by Crippen LogP contribution is -2.57. The van der Waals surface area contributed by atoms with Crippen LogP contribution in [0.4, 0.5) is 0 Å². The highest BCUT2D eigenvalue weighted by Gasteiger charge is 2.39. The number of nitrogens with zero attached hydrogens (tertiary/aromatic N) is 2. The highest BCUT2D eigenvalue weighted by molar-refractivity contribution is 5.94. The number of carbonyl (C=O) groups excluding carboxylic acids is 3. The summed E-state index contributed by atoms with van der Waals surface area (Å²) in [5.74, 6) is -4.84. The van der Waals surface area contributed by atoms with Crippen LogP contribution in [0.3, 0.4) is 0 Å². The van der Waals surface area contributed by atoms with Crippen LogP contribution in [0, 0.1) is 0 Å². The molecule has 0 bridgehead atoms. The summed E-state index contributed by atoms with van der Waals surface area (Å²) in [6.07, 6.45) is -0.885. The second-order valence-corrected chi connectivity index (χ2v) is 8.30. The molecule has 0 aromatic carbocycles. The van der Waals surface area contributed by atoms with Gasteiger partial charge in [0.25, 0.3) is 0 Å². The third-order valence-corrected chi connectivity index (χ3v) is 5.48. The zero-order valence-electron chi connectivity index (χ0n) is 19.6. The Bertz CT molecular complexity index is 815. The summed E-state index contributed by atoms with van der Waals surface area (Å²) in [6.45, 7) is 1.62. The fourth-order valence-corrected chi connectivity index (χ4v) is 3.54. The molecule has 0 aromatic rings. The van der Waals surface area contributed by atoms with Crippen LogP contribution in [0.1, 0.15) is 45.4 Å². The zero-order valence-corrected chi connectivity index (χ0v) is 19.6. The number of carboxylic acids is 2. The Morgan fingerprint density at radius 1 is 1.09 bits per heavy atom. The molecule has 15 heteroatoms. The molecule has 0 saturated carbocycles. The Morgan fingerprint density at radius 3 is 2.29 bits per heavy atom. The largest absolute Gasteiger partial charge is 0.481 e. The maximum absolute atomic E-state index is 13.2. The first-order chi connectivity index (χ1) is 16.3. The van der Waals surface area contributed by atoms with Crippen LogP contribution in [0.15, 0.2) is 4.99 Å². The smallest absolute Gasteiger partial charge is 0.326 e. The molecular weight excluding hydrogens is 466 g/mol. The van der Waals surface area contributed by atoms with Crippen LogP contribution in [0.2, 0.25) is 0 Å². The monoisotopic (exact) mass is 501 g/mol. The lowest BCUT2D eigenvalue weighted by molar-refractivity contribution is -0.145. The summed E-state index contributed by atoms with van der Waals surface area (Å²) < 4.78 is 0. The van der Waals surface area contributed by atoms with Crippen molar-refractivity contribution in [2.45, 2.75) is 75.7 Å². The fourth-order valence-electron chi connectivity index (χ4n) is 3.54. The van der Waals surface area contributed by atoms with Crippen molar-refractivity contribution < 1.29 is 39.3 Å². The molecule has 198 valence electrons. The number of hydrogen-bond acceptors (Lipinski definition) is 8. The highest BCUT2D eigenvalue weighted by Crippen LogP contribution is 2.20. The van der Waals surface area contributed by atoms with E-state index in [9.17, 15) is 34.2 Å². The molecule has 3 amide bonds. The molecule has 1 fully saturated rings. The minimum Gasteiger partial charge on any atom is -0.481 e. The summed E-state index contributed by atoms with van der Waals surface area (Å²) in [7, 11) is 0. The fraction of sp³-hybridized carbons (Fsp3) is 0.700. The number of carbonyl (C=O) groups is 5. The number of amides is 3. The number of nitrogens with two attached hydrogens (primary N) is 3. The molecule has 0 spiro atoms. The number of carboxylic acid groups (broad SMARTS) is 2. The van der Waals surface area contributed by atoms with Gasteiger partial charge in [0.15, 0.2) is 5.96 Å². The lowest BCUT2D eigenvalue weighted by atomic mass is 10.1. The Hall–Kier alpha value is -3.46. The van der Waals surface area contributed by atoms with Gasteiger partial charge in [0, 0.05) is 19.5 Å². The van der Waals surface area contributed by atoms with Crippen molar-refractivity contribution in [3.05, 3.63) is 0 Å². The van der Waals surface area contributed by atoms with Gasteiger partial charge >= 0.3 is 11.9 Å². The topological polar surface area (TPSA) is 264 Å². The summed E-state index contributed by atoms with van der Waals surface area (Å²) >= 11 is 0. The van der Waals surface area contributed by atoms with Gasteiger partial charge in [-0.3, -0.25) is 24.2 Å². The summed E-state index contributed by atoms with van der Waals surface area (Å²) in [5.41, 5.74) is 16.1. The Balaban J connectivity index is 2.93. The number of aliphatic hydroxyl groups excluding tert-OH is 1. The van der Waals surface area contributed by atoms with E-state index in [1.54, 1.807) is 0 Å². The van der Waals surface area contributed by atoms with E-state index in [0.29, 0.717) is 6.42 Å². The van der Waals surface area contributed by atoms with Crippen LogP contribution in [-0.4, -0.2) is 99.2 Å². The zero-order chi connectivity index (χ0) is 26.7. The van der Waals surface area contributed by atoms with Gasteiger partial charge in [0.1, 0.15) is 24.2 Å². The third kappa shape index (κ3) is 9.74. The highest BCUT2D eigenvalue weighted by atomic mass is 16.4. The van der Waals surface area contributed by atoms with Crippen molar-refractivity contribution in [3.63, 3.8) is 0 Å². The van der Waals surface area contributed by atoms with Gasteiger partial charge in [-0.25, -0.2) is 4.79 Å². The van der Waals surface area contributed by atoms with Crippen LogP contribution in [-0.2, 0) is 24.0 Å². The molecule has 35 heavy (non-hydrogen) atoms. The van der Waals surface area contributed by atoms with Crippen LogP contribution in [0.5, 0.6) is 0 Å². The number of aliphatic imine (C=N–C) groups is 1. The average molecular weight is 502 g/mol. The van der Waals surface area contributed by atoms with Crippen LogP contribution >= 0.6 is 0 Å². The summed E-state index contributed by atoms with van der Waals surface area (Å²) in [6, 6.07) is -4.88. The maximum Gasteiger partial charge on any atom is 0.326 e. The molecule has 5 atom stereocenters. The predicted octanol–water partition coefficient (Wildman–Crippen LogP) is -3.34. The SMILES string of the molecule is CC(O)C(N)C(=O)NC(CCC(=O)O)C(=O)N1CCCC1C(=O)NC(CCCN=C(N)N)C(=O)O. The number of aliphatic hydroxyl groups is 1. The molecule has 1 aliphatic rings. The molecule has 11 N–H and O–H groups in total. The number of guanidine groups is 1. The first-order valence-corrected chi connectivity index (χ1v) is 11.2. The normalized spacial score (nSPS) is 18.6. The van der Waals surface area contributed by atoms with E-state index in [1.807, 2.05) is 0 Å². The number of rotatable bonds is 14. The second-order valence-electron chi connectivity index (χ2n) is 8.30. The Labute approximate surface area is 202 Å². The van der Waals surface area contributed by atoms with Gasteiger partial charge in [-0.15, -0.1) is 0 Å². The lowest BCUT2D eigenvalue weighted by Gasteiger charge is -2.30. The third-order valence-electron chi connectivity index (χ3n) is 5.48. The van der Waals surface area contributed by atoms with Crippen molar-refractivity contribution >= 4 is 35.6 Å². The van der Waals surface area contributed by atoms with Crippen LogP contribution in [0.25, 0.3) is 0 Å². The van der Waals surface area contributed by atoms with E-state index in [-0.39, 0.29) is 44.7 Å². The number of likely N-dealkylation sites (tertiary alicyclic amines) is 1. The summed E-state index contributed by atoms with van der Waals surface area (Å²) in [4.78, 5) is 65.9. The molecule has 1 aliphatic heterocycles. The predicted molar refractivity (Wildman–Crippen MR) is 123 cm³/mol. The summed E-state index contributed by atoms with van der Waals surface area (Å²) in [5, 5.41) is 32.7. The molecule has 1 saturated heterocycles. The van der Waals surface area contributed by atoms with Crippen molar-refractivity contribution in [3.8, 4) is 0 Å². The van der Waals surface area contributed by atoms with Crippen molar-refractivity contribution in [2.75, 3.05) is 13.1 Å². The van der Waals surface area contributed by atoms with E-state index < -0.39 is 66.4 Å². The standard InChI is InChI=1S/C20H35N7O8/c1-10(28)15(21)17(32)25-11(6-7-14(29)30)18(33)27-9-3-5-13(27)16(31)26-12(19(34)35)4-2-8-24-20(22)23/h10-13,15,28H,2-9,21H2,1H3,(H,25,32)(H,26,31)(H,29,30)(H,34,35)(H4,22,23,24). The van der Waals surface area contributed by atoms with E-state index in [4.69, 9.17) is 22.3 Å². The molecule has 0 aromatic heterocycles. The van der Waals surface area contributed by atoms with Gasteiger partial charge in [0.2, 0.25) is 17.7 Å². The number of nitrogens with one attached hydrogen (secondary N) is 2. The molecule has 5 unspecified atom stereocenters. The van der Waals surface area contributed by atoms with E-state index in [0.717, 1.165) is 0 Å². The average Bonchev–Trinajstić information content (AvgIpc) is 3.26. The molecule has 0 aliphatic carbocycles. The van der Waals surface area contributed by atoms with Crippen LogP contribution < -0.4 is 27.8 Å². The molecular formula is C20H35N7O8. The maximum atomic E-state index is 13.2. The van der Waals surface area contributed by atoms with E-state index in [1.165, 1.54) is 11.8 Å². The van der Waals surface area contributed by atoms with Crippen molar-refractivity contribution in [1.29, 1.82) is 0 Å². The minimum absolute atomic E-state index is 0.0487. The molecule has 1 heterocycles. The number of hydrogen-bond donors (Lipinski definition) is 8. The second kappa shape index (κ2) is 14.1. The first kappa shape index (κ1) is 29.6.